The molecule has 0 aliphatic rings. The molecule has 0 saturated heterocycles. The van der Waals surface area contributed by atoms with E-state index in [1.54, 1.807) is 0 Å². The number of fused-ring (bicyclic) bond motifs is 1. The molecule has 0 amide bonds. The van der Waals surface area contributed by atoms with Crippen LogP contribution in [-0.2, 0) is 0 Å². The molecule has 0 aliphatic carbocycles. The SMILES string of the molecule is O=[N+]([O-])c1cccc(Cl)c1Oc1nc(Cl)nc2nc[nH]c12. The number of benzene rings is 1. The summed E-state index contributed by atoms with van der Waals surface area (Å²) in [6.45, 7) is 0. The Balaban J connectivity index is 2.15. The van der Waals surface area contributed by atoms with E-state index in [1.165, 1.54) is 24.5 Å². The van der Waals surface area contributed by atoms with Crippen molar-refractivity contribution in [3.05, 3.63) is 44.9 Å². The van der Waals surface area contributed by atoms with Crippen LogP contribution >= 0.6 is 23.2 Å². The van der Waals surface area contributed by atoms with E-state index in [2.05, 4.69) is 19.9 Å². The van der Waals surface area contributed by atoms with Crippen LogP contribution in [0.4, 0.5) is 5.69 Å². The number of imidazole rings is 1. The Morgan fingerprint density at radius 2 is 2.10 bits per heavy atom. The number of hydrogen-bond donors (Lipinski definition) is 1. The summed E-state index contributed by atoms with van der Waals surface area (Å²) in [5.74, 6) is -0.131. The van der Waals surface area contributed by atoms with Crippen molar-refractivity contribution in [2.24, 2.45) is 0 Å². The number of ether oxygens (including phenoxy) is 1. The van der Waals surface area contributed by atoms with Crippen molar-refractivity contribution in [2.75, 3.05) is 0 Å². The summed E-state index contributed by atoms with van der Waals surface area (Å²) >= 11 is 11.7. The minimum atomic E-state index is -0.603. The van der Waals surface area contributed by atoms with E-state index >= 15 is 0 Å². The van der Waals surface area contributed by atoms with Crippen molar-refractivity contribution < 1.29 is 9.66 Å². The fourth-order valence-corrected chi connectivity index (χ4v) is 2.06. The van der Waals surface area contributed by atoms with Crippen LogP contribution in [0.2, 0.25) is 10.3 Å². The maximum atomic E-state index is 11.0. The highest BCUT2D eigenvalue weighted by Gasteiger charge is 2.21. The van der Waals surface area contributed by atoms with Crippen LogP contribution in [-0.4, -0.2) is 24.9 Å². The predicted octanol–water partition coefficient (Wildman–Crippen LogP) is 3.36. The Kier molecular flexibility index (Phi) is 3.32. The number of nitro groups is 1. The van der Waals surface area contributed by atoms with Gasteiger partial charge < -0.3 is 9.72 Å². The van der Waals surface area contributed by atoms with Crippen LogP contribution in [0, 0.1) is 10.1 Å². The number of aromatic amines is 1. The summed E-state index contributed by atoms with van der Waals surface area (Å²) in [7, 11) is 0. The molecule has 0 saturated carbocycles. The van der Waals surface area contributed by atoms with Crippen LogP contribution in [0.5, 0.6) is 11.6 Å². The van der Waals surface area contributed by atoms with Gasteiger partial charge in [0.2, 0.25) is 16.9 Å². The Bertz CT molecular complexity index is 851. The third-order valence-corrected chi connectivity index (χ3v) is 3.03. The number of nitro benzene ring substituents is 1. The molecule has 1 N–H and O–H groups in total. The monoisotopic (exact) mass is 325 g/mol. The zero-order valence-electron chi connectivity index (χ0n) is 10.1. The molecule has 0 radical (unpaired) electrons. The van der Waals surface area contributed by atoms with Gasteiger partial charge in [0, 0.05) is 6.07 Å². The molecule has 0 atom stereocenters. The average molecular weight is 326 g/mol. The van der Waals surface area contributed by atoms with Gasteiger partial charge in [0.1, 0.15) is 5.52 Å². The molecule has 2 aromatic heterocycles. The van der Waals surface area contributed by atoms with Gasteiger partial charge in [0.15, 0.2) is 5.65 Å². The number of hydrogen-bond acceptors (Lipinski definition) is 6. The summed E-state index contributed by atoms with van der Waals surface area (Å²) in [6.07, 6.45) is 1.38. The van der Waals surface area contributed by atoms with Gasteiger partial charge in [-0.05, 0) is 17.7 Å². The van der Waals surface area contributed by atoms with Crippen LogP contribution < -0.4 is 4.74 Å². The molecule has 0 aliphatic heterocycles. The Hall–Kier alpha value is -2.45. The summed E-state index contributed by atoms with van der Waals surface area (Å²) < 4.78 is 5.47. The number of H-pyrrole nitrogens is 1. The number of nitrogens with zero attached hydrogens (tertiary/aromatic N) is 4. The van der Waals surface area contributed by atoms with Gasteiger partial charge in [-0.25, -0.2) is 4.98 Å². The van der Waals surface area contributed by atoms with E-state index in [-0.39, 0.29) is 33.3 Å². The molecule has 0 bridgehead atoms. The van der Waals surface area contributed by atoms with E-state index in [0.717, 1.165) is 0 Å². The number of rotatable bonds is 3. The summed E-state index contributed by atoms with van der Waals surface area (Å²) in [6, 6.07) is 4.19. The van der Waals surface area contributed by atoms with Gasteiger partial charge in [0.25, 0.3) is 0 Å². The second-order valence-electron chi connectivity index (χ2n) is 3.85. The summed E-state index contributed by atoms with van der Waals surface area (Å²) in [4.78, 5) is 24.9. The molecule has 21 heavy (non-hydrogen) atoms. The summed E-state index contributed by atoms with van der Waals surface area (Å²) in [5.41, 5.74) is 0.346. The largest absolute Gasteiger partial charge is 0.428 e. The smallest absolute Gasteiger partial charge is 0.313 e. The fourth-order valence-electron chi connectivity index (χ4n) is 1.69. The van der Waals surface area contributed by atoms with E-state index < -0.39 is 4.92 Å². The van der Waals surface area contributed by atoms with Gasteiger partial charge in [0.05, 0.1) is 16.3 Å². The van der Waals surface area contributed by atoms with Crippen molar-refractivity contribution in [3.8, 4) is 11.6 Å². The third-order valence-electron chi connectivity index (χ3n) is 2.57. The molecule has 0 fully saturated rings. The molecule has 106 valence electrons. The van der Waals surface area contributed by atoms with Crippen LogP contribution in [0.15, 0.2) is 24.5 Å². The highest BCUT2D eigenvalue weighted by molar-refractivity contribution is 6.32. The highest BCUT2D eigenvalue weighted by Crippen LogP contribution is 2.38. The number of aromatic nitrogens is 4. The molecule has 3 aromatic rings. The molecule has 1 aromatic carbocycles. The average Bonchev–Trinajstić information content (AvgIpc) is 2.88. The lowest BCUT2D eigenvalue weighted by molar-refractivity contribution is -0.385. The number of halogens is 2. The quantitative estimate of drug-likeness (QED) is 0.449. The second kappa shape index (κ2) is 5.15. The molecule has 3 rings (SSSR count). The van der Waals surface area contributed by atoms with Gasteiger partial charge in [-0.2, -0.15) is 9.97 Å². The first-order valence-electron chi connectivity index (χ1n) is 5.53. The minimum Gasteiger partial charge on any atom is -0.428 e. The van der Waals surface area contributed by atoms with E-state index in [4.69, 9.17) is 27.9 Å². The Labute approximate surface area is 126 Å². The van der Waals surface area contributed by atoms with E-state index in [9.17, 15) is 10.1 Å². The number of para-hydroxylation sites is 1. The molecule has 8 nitrogen and oxygen atoms in total. The van der Waals surface area contributed by atoms with Crippen molar-refractivity contribution in [3.63, 3.8) is 0 Å². The Morgan fingerprint density at radius 1 is 1.29 bits per heavy atom. The molecule has 2 heterocycles. The zero-order valence-corrected chi connectivity index (χ0v) is 11.6. The first-order chi connectivity index (χ1) is 10.1. The van der Waals surface area contributed by atoms with E-state index in [1.807, 2.05) is 0 Å². The highest BCUT2D eigenvalue weighted by atomic mass is 35.5. The molecule has 10 heteroatoms. The number of nitrogens with one attached hydrogen (secondary N) is 1. The van der Waals surface area contributed by atoms with Crippen LogP contribution in [0.1, 0.15) is 0 Å². The first-order valence-corrected chi connectivity index (χ1v) is 6.29. The zero-order chi connectivity index (χ0) is 15.0. The lowest BCUT2D eigenvalue weighted by Gasteiger charge is -2.07. The lowest BCUT2D eigenvalue weighted by Crippen LogP contribution is -1.97. The molecular formula is C11H5Cl2N5O3. The van der Waals surface area contributed by atoms with E-state index in [0.29, 0.717) is 5.52 Å². The summed E-state index contributed by atoms with van der Waals surface area (Å²) in [5, 5.41) is 11.0. The van der Waals surface area contributed by atoms with Crippen molar-refractivity contribution in [1.29, 1.82) is 0 Å². The predicted molar refractivity (Wildman–Crippen MR) is 74.9 cm³/mol. The third kappa shape index (κ3) is 2.46. The first kappa shape index (κ1) is 13.5. The van der Waals surface area contributed by atoms with Gasteiger partial charge in [-0.3, -0.25) is 10.1 Å². The van der Waals surface area contributed by atoms with Crippen molar-refractivity contribution >= 4 is 40.1 Å². The van der Waals surface area contributed by atoms with Crippen molar-refractivity contribution in [1.82, 2.24) is 19.9 Å². The van der Waals surface area contributed by atoms with Crippen LogP contribution in [0.25, 0.3) is 11.2 Å². The molecular weight excluding hydrogens is 321 g/mol. The van der Waals surface area contributed by atoms with Gasteiger partial charge in [-0.15, -0.1) is 0 Å². The maximum Gasteiger partial charge on any atom is 0.313 e. The molecule has 0 spiro atoms. The Morgan fingerprint density at radius 3 is 2.86 bits per heavy atom. The topological polar surface area (TPSA) is 107 Å². The standard InChI is InChI=1S/C11H5Cl2N5O3/c12-5-2-1-3-6(18(19)20)8(5)21-10-7-9(15-4-14-7)16-11(13)17-10/h1-4H,(H,14,15,16,17). The van der Waals surface area contributed by atoms with Crippen LogP contribution in [0.3, 0.4) is 0 Å². The lowest BCUT2D eigenvalue weighted by atomic mass is 10.3. The fraction of sp³-hybridized carbons (Fsp3) is 0. The second-order valence-corrected chi connectivity index (χ2v) is 4.59. The molecule has 0 unspecified atom stereocenters. The maximum absolute atomic E-state index is 11.0. The van der Waals surface area contributed by atoms with Gasteiger partial charge >= 0.3 is 5.69 Å². The minimum absolute atomic E-state index is 0.00120. The normalized spacial score (nSPS) is 10.8. The van der Waals surface area contributed by atoms with Crippen molar-refractivity contribution in [2.45, 2.75) is 0 Å². The van der Waals surface area contributed by atoms with Gasteiger partial charge in [-0.1, -0.05) is 17.7 Å².